The lowest BCUT2D eigenvalue weighted by Gasteiger charge is -2.40. The fourth-order valence-electron chi connectivity index (χ4n) is 3.51. The molecule has 1 saturated heterocycles. The van der Waals surface area contributed by atoms with Crippen molar-refractivity contribution in [1.29, 1.82) is 0 Å². The van der Waals surface area contributed by atoms with E-state index in [-0.39, 0.29) is 11.5 Å². The number of rotatable bonds is 2. The third-order valence-corrected chi connectivity index (χ3v) is 4.54. The standard InChI is InChI=1S/C18H28N2O2/c1-14-10-11-19(12-13-20(14)17(21)22)16(18(2,3)4)15-8-6-5-7-9-15/h5-9,14,16H,10-13H2,1-4H3,(H,21,22). The lowest BCUT2D eigenvalue weighted by Crippen LogP contribution is -2.41. The molecule has 22 heavy (non-hydrogen) atoms. The molecule has 2 rings (SSSR count). The first-order valence-electron chi connectivity index (χ1n) is 8.09. The quantitative estimate of drug-likeness (QED) is 0.902. The van der Waals surface area contributed by atoms with Crippen LogP contribution >= 0.6 is 0 Å². The Balaban J connectivity index is 2.24. The molecule has 1 aromatic rings. The highest BCUT2D eigenvalue weighted by molar-refractivity contribution is 5.65. The summed E-state index contributed by atoms with van der Waals surface area (Å²) in [4.78, 5) is 15.4. The summed E-state index contributed by atoms with van der Waals surface area (Å²) in [5.74, 6) is 0. The van der Waals surface area contributed by atoms with E-state index in [0.717, 1.165) is 19.5 Å². The largest absolute Gasteiger partial charge is 0.465 e. The van der Waals surface area contributed by atoms with Gasteiger partial charge in [0.25, 0.3) is 0 Å². The number of amides is 1. The van der Waals surface area contributed by atoms with Gasteiger partial charge in [-0.25, -0.2) is 4.79 Å². The molecular formula is C18H28N2O2. The molecule has 1 aromatic carbocycles. The minimum atomic E-state index is -0.804. The van der Waals surface area contributed by atoms with Gasteiger partial charge in [-0.1, -0.05) is 51.1 Å². The van der Waals surface area contributed by atoms with Crippen molar-refractivity contribution in [3.8, 4) is 0 Å². The smallest absolute Gasteiger partial charge is 0.407 e. The molecule has 0 radical (unpaired) electrons. The second-order valence-corrected chi connectivity index (χ2v) is 7.33. The monoisotopic (exact) mass is 304 g/mol. The molecule has 1 N–H and O–H groups in total. The average molecular weight is 304 g/mol. The van der Waals surface area contributed by atoms with Gasteiger partial charge in [-0.15, -0.1) is 0 Å². The van der Waals surface area contributed by atoms with E-state index in [1.165, 1.54) is 5.56 Å². The van der Waals surface area contributed by atoms with Crippen LogP contribution < -0.4 is 0 Å². The molecule has 2 atom stereocenters. The highest BCUT2D eigenvalue weighted by Gasteiger charge is 2.34. The van der Waals surface area contributed by atoms with Crippen LogP contribution in [0.3, 0.4) is 0 Å². The van der Waals surface area contributed by atoms with Crippen molar-refractivity contribution in [2.45, 2.75) is 46.2 Å². The van der Waals surface area contributed by atoms with Crippen LogP contribution in [0.1, 0.15) is 45.7 Å². The lowest BCUT2D eigenvalue weighted by molar-refractivity contribution is 0.0999. The molecule has 1 aliphatic heterocycles. The summed E-state index contributed by atoms with van der Waals surface area (Å²) in [6.07, 6.45) is 0.0764. The number of carbonyl (C=O) groups is 1. The maximum absolute atomic E-state index is 11.4. The number of hydrogen-bond acceptors (Lipinski definition) is 2. The van der Waals surface area contributed by atoms with Crippen LogP contribution in [-0.2, 0) is 0 Å². The van der Waals surface area contributed by atoms with E-state index in [2.05, 4.69) is 49.9 Å². The molecule has 122 valence electrons. The molecule has 2 unspecified atom stereocenters. The molecule has 1 aliphatic rings. The summed E-state index contributed by atoms with van der Waals surface area (Å²) in [6.45, 7) is 11.1. The molecule has 0 aliphatic carbocycles. The van der Waals surface area contributed by atoms with Crippen LogP contribution in [0, 0.1) is 5.41 Å². The summed E-state index contributed by atoms with van der Waals surface area (Å²) >= 11 is 0. The first-order valence-corrected chi connectivity index (χ1v) is 8.09. The zero-order valence-electron chi connectivity index (χ0n) is 14.1. The third-order valence-electron chi connectivity index (χ3n) is 4.54. The average Bonchev–Trinajstić information content (AvgIpc) is 2.61. The van der Waals surface area contributed by atoms with Crippen LogP contribution in [0.5, 0.6) is 0 Å². The number of hydrogen-bond donors (Lipinski definition) is 1. The van der Waals surface area contributed by atoms with E-state index >= 15 is 0 Å². The predicted molar refractivity (Wildman–Crippen MR) is 89.0 cm³/mol. The van der Waals surface area contributed by atoms with Crippen LogP contribution in [0.25, 0.3) is 0 Å². The van der Waals surface area contributed by atoms with Crippen LogP contribution in [0.2, 0.25) is 0 Å². The number of nitrogens with zero attached hydrogens (tertiary/aromatic N) is 2. The predicted octanol–water partition coefficient (Wildman–Crippen LogP) is 3.85. The second kappa shape index (κ2) is 6.69. The highest BCUT2D eigenvalue weighted by Crippen LogP contribution is 2.38. The summed E-state index contributed by atoms with van der Waals surface area (Å²) < 4.78 is 0. The molecule has 1 amide bonds. The molecule has 4 nitrogen and oxygen atoms in total. The van der Waals surface area contributed by atoms with E-state index < -0.39 is 6.09 Å². The Morgan fingerprint density at radius 1 is 1.18 bits per heavy atom. The Hall–Kier alpha value is -1.55. The highest BCUT2D eigenvalue weighted by atomic mass is 16.4. The van der Waals surface area contributed by atoms with Crippen molar-refractivity contribution in [2.75, 3.05) is 19.6 Å². The summed E-state index contributed by atoms with van der Waals surface area (Å²) in [6, 6.07) is 10.9. The number of carboxylic acid groups (broad SMARTS) is 1. The zero-order valence-corrected chi connectivity index (χ0v) is 14.1. The van der Waals surface area contributed by atoms with Gasteiger partial charge in [0.2, 0.25) is 0 Å². The van der Waals surface area contributed by atoms with Gasteiger partial charge < -0.3 is 10.0 Å². The molecule has 0 spiro atoms. The zero-order chi connectivity index (χ0) is 16.3. The Labute approximate surface area is 133 Å². The fraction of sp³-hybridized carbons (Fsp3) is 0.611. The van der Waals surface area contributed by atoms with Crippen molar-refractivity contribution in [3.05, 3.63) is 35.9 Å². The first kappa shape index (κ1) is 16.8. The van der Waals surface area contributed by atoms with Gasteiger partial charge in [-0.3, -0.25) is 4.90 Å². The van der Waals surface area contributed by atoms with Crippen molar-refractivity contribution >= 4 is 6.09 Å². The molecule has 0 bridgehead atoms. The molecule has 0 saturated carbocycles. The van der Waals surface area contributed by atoms with E-state index in [1.807, 2.05) is 13.0 Å². The Morgan fingerprint density at radius 3 is 2.36 bits per heavy atom. The maximum Gasteiger partial charge on any atom is 0.407 e. The molecular weight excluding hydrogens is 276 g/mol. The minimum absolute atomic E-state index is 0.0823. The van der Waals surface area contributed by atoms with Gasteiger partial charge in [-0.2, -0.15) is 0 Å². The number of benzene rings is 1. The molecule has 4 heteroatoms. The lowest BCUT2D eigenvalue weighted by atomic mass is 9.81. The van der Waals surface area contributed by atoms with E-state index in [0.29, 0.717) is 12.6 Å². The first-order chi connectivity index (χ1) is 10.3. The van der Waals surface area contributed by atoms with Crippen LogP contribution in [-0.4, -0.2) is 46.7 Å². The maximum atomic E-state index is 11.4. The normalized spacial score (nSPS) is 22.2. The van der Waals surface area contributed by atoms with E-state index in [9.17, 15) is 9.90 Å². The second-order valence-electron chi connectivity index (χ2n) is 7.33. The van der Waals surface area contributed by atoms with E-state index in [1.54, 1.807) is 4.90 Å². The SMILES string of the molecule is CC1CCN(C(c2ccccc2)C(C)(C)C)CCN1C(=O)O. The van der Waals surface area contributed by atoms with Gasteiger partial charge in [-0.05, 0) is 24.3 Å². The van der Waals surface area contributed by atoms with Crippen LogP contribution in [0.15, 0.2) is 30.3 Å². The molecule has 1 fully saturated rings. The van der Waals surface area contributed by atoms with Gasteiger partial charge in [0, 0.05) is 31.7 Å². The summed E-state index contributed by atoms with van der Waals surface area (Å²) in [5, 5.41) is 9.34. The summed E-state index contributed by atoms with van der Waals surface area (Å²) in [5.41, 5.74) is 1.41. The van der Waals surface area contributed by atoms with Crippen molar-refractivity contribution in [3.63, 3.8) is 0 Å². The molecule has 0 aromatic heterocycles. The van der Waals surface area contributed by atoms with Gasteiger partial charge >= 0.3 is 6.09 Å². The van der Waals surface area contributed by atoms with Crippen molar-refractivity contribution in [2.24, 2.45) is 5.41 Å². The summed E-state index contributed by atoms with van der Waals surface area (Å²) in [7, 11) is 0. The Morgan fingerprint density at radius 2 is 1.82 bits per heavy atom. The topological polar surface area (TPSA) is 43.8 Å². The van der Waals surface area contributed by atoms with Gasteiger partial charge in [0.15, 0.2) is 0 Å². The third kappa shape index (κ3) is 3.80. The van der Waals surface area contributed by atoms with Gasteiger partial charge in [0.1, 0.15) is 0 Å². The van der Waals surface area contributed by atoms with Gasteiger partial charge in [0.05, 0.1) is 0 Å². The molecule has 1 heterocycles. The Kier molecular flexibility index (Phi) is 5.12. The van der Waals surface area contributed by atoms with Crippen molar-refractivity contribution in [1.82, 2.24) is 9.80 Å². The van der Waals surface area contributed by atoms with E-state index in [4.69, 9.17) is 0 Å². The van der Waals surface area contributed by atoms with Crippen molar-refractivity contribution < 1.29 is 9.90 Å². The Bertz CT molecular complexity index is 496. The minimum Gasteiger partial charge on any atom is -0.465 e. The fourth-order valence-corrected chi connectivity index (χ4v) is 3.51. The van der Waals surface area contributed by atoms with Crippen LogP contribution in [0.4, 0.5) is 4.79 Å².